The minimum atomic E-state index is -0.486. The minimum absolute atomic E-state index is 0.0958. The van der Waals surface area contributed by atoms with Crippen LogP contribution in [0.4, 0.5) is 11.4 Å². The average molecular weight is 436 g/mol. The Kier molecular flexibility index (Phi) is 6.73. The highest BCUT2D eigenvalue weighted by Gasteiger charge is 2.35. The molecule has 0 radical (unpaired) electrons. The van der Waals surface area contributed by atoms with Crippen LogP contribution in [0.1, 0.15) is 49.4 Å². The van der Waals surface area contributed by atoms with Gasteiger partial charge in [0.05, 0.1) is 23.8 Å². The highest BCUT2D eigenvalue weighted by molar-refractivity contribution is 6.07. The fourth-order valence-electron chi connectivity index (χ4n) is 4.38. The first-order chi connectivity index (χ1) is 15.5. The molecule has 168 valence electrons. The number of benzene rings is 2. The third-order valence-electron chi connectivity index (χ3n) is 6.08. The molecule has 1 atom stereocenters. The van der Waals surface area contributed by atoms with Crippen LogP contribution in [0.25, 0.3) is 0 Å². The molecule has 2 aromatic rings. The van der Waals surface area contributed by atoms with E-state index in [1.54, 1.807) is 29.2 Å². The van der Waals surface area contributed by atoms with Crippen molar-refractivity contribution in [2.24, 2.45) is 5.92 Å². The molecule has 2 N–H and O–H groups in total. The Morgan fingerprint density at radius 2 is 1.78 bits per heavy atom. The quantitative estimate of drug-likeness (QED) is 0.693. The van der Waals surface area contributed by atoms with Crippen LogP contribution in [-0.2, 0) is 9.59 Å². The molecule has 1 aliphatic heterocycles. The average Bonchev–Trinajstić information content (AvgIpc) is 3.44. The van der Waals surface area contributed by atoms with E-state index in [-0.39, 0.29) is 30.2 Å². The molecule has 1 saturated carbocycles. The summed E-state index contributed by atoms with van der Waals surface area (Å²) < 4.78 is 5.45. The number of anilines is 2. The number of para-hydroxylation sites is 1. The van der Waals surface area contributed by atoms with Crippen molar-refractivity contribution in [1.82, 2.24) is 5.32 Å². The molecular formula is C25H29N3O4. The van der Waals surface area contributed by atoms with Crippen LogP contribution in [0.3, 0.4) is 0 Å². The second kappa shape index (κ2) is 9.85. The third-order valence-corrected chi connectivity index (χ3v) is 6.08. The van der Waals surface area contributed by atoms with Crippen LogP contribution in [0.2, 0.25) is 0 Å². The van der Waals surface area contributed by atoms with E-state index in [2.05, 4.69) is 10.6 Å². The van der Waals surface area contributed by atoms with E-state index in [1.807, 2.05) is 31.2 Å². The fourth-order valence-corrected chi connectivity index (χ4v) is 4.38. The monoisotopic (exact) mass is 435 g/mol. The summed E-state index contributed by atoms with van der Waals surface area (Å²) in [6.07, 6.45) is 4.38. The Bertz CT molecular complexity index is 983. The molecule has 0 aromatic heterocycles. The number of rotatable bonds is 7. The first-order valence-electron chi connectivity index (χ1n) is 11.3. The maximum absolute atomic E-state index is 13.0. The van der Waals surface area contributed by atoms with Crippen molar-refractivity contribution in [3.8, 4) is 5.75 Å². The standard InChI is InChI=1S/C25H29N3O4/c1-2-32-20-13-11-19(12-14-20)28-16-17(15-23(28)29)24(30)27-22-10-6-5-9-21(22)25(31)26-18-7-3-4-8-18/h5-6,9-14,17-18H,2-4,7-8,15-16H2,1H3,(H,26,31)(H,27,30)/t17-/m1/s1. The number of nitrogens with zero attached hydrogens (tertiary/aromatic N) is 1. The molecule has 2 aromatic carbocycles. The van der Waals surface area contributed by atoms with Gasteiger partial charge in [-0.25, -0.2) is 0 Å². The van der Waals surface area contributed by atoms with Gasteiger partial charge in [0.25, 0.3) is 5.91 Å². The van der Waals surface area contributed by atoms with Gasteiger partial charge in [0.15, 0.2) is 0 Å². The number of ether oxygens (including phenoxy) is 1. The number of carbonyl (C=O) groups is 3. The molecule has 2 aliphatic rings. The van der Waals surface area contributed by atoms with E-state index in [9.17, 15) is 14.4 Å². The summed E-state index contributed by atoms with van der Waals surface area (Å²) in [5.74, 6) is -0.273. The largest absolute Gasteiger partial charge is 0.494 e. The van der Waals surface area contributed by atoms with Gasteiger partial charge in [-0.05, 0) is 56.2 Å². The van der Waals surface area contributed by atoms with Crippen molar-refractivity contribution in [3.63, 3.8) is 0 Å². The molecule has 2 fully saturated rings. The Hall–Kier alpha value is -3.35. The van der Waals surface area contributed by atoms with Crippen molar-refractivity contribution < 1.29 is 19.1 Å². The molecule has 0 bridgehead atoms. The molecule has 1 saturated heterocycles. The Labute approximate surface area is 188 Å². The van der Waals surface area contributed by atoms with Crippen molar-refractivity contribution in [3.05, 3.63) is 54.1 Å². The highest BCUT2D eigenvalue weighted by Crippen LogP contribution is 2.28. The number of amides is 3. The molecule has 4 rings (SSSR count). The van der Waals surface area contributed by atoms with E-state index >= 15 is 0 Å². The number of carbonyl (C=O) groups excluding carboxylic acids is 3. The molecule has 1 heterocycles. The first kappa shape index (κ1) is 21.9. The van der Waals surface area contributed by atoms with Gasteiger partial charge in [0.2, 0.25) is 11.8 Å². The van der Waals surface area contributed by atoms with Crippen LogP contribution in [-0.4, -0.2) is 36.9 Å². The predicted octanol–water partition coefficient (Wildman–Crippen LogP) is 3.75. The fraction of sp³-hybridized carbons (Fsp3) is 0.400. The second-order valence-electron chi connectivity index (χ2n) is 8.32. The zero-order chi connectivity index (χ0) is 22.5. The normalized spacial score (nSPS) is 18.6. The summed E-state index contributed by atoms with van der Waals surface area (Å²) in [6.45, 7) is 2.79. The van der Waals surface area contributed by atoms with E-state index in [4.69, 9.17) is 4.74 Å². The van der Waals surface area contributed by atoms with Crippen LogP contribution < -0.4 is 20.3 Å². The van der Waals surface area contributed by atoms with Gasteiger partial charge < -0.3 is 20.3 Å². The lowest BCUT2D eigenvalue weighted by Crippen LogP contribution is -2.34. The van der Waals surface area contributed by atoms with E-state index in [0.29, 0.717) is 24.4 Å². The predicted molar refractivity (Wildman–Crippen MR) is 123 cm³/mol. The molecule has 3 amide bonds. The lowest BCUT2D eigenvalue weighted by atomic mass is 10.1. The lowest BCUT2D eigenvalue weighted by Gasteiger charge is -2.18. The number of hydrogen-bond acceptors (Lipinski definition) is 4. The number of hydrogen-bond donors (Lipinski definition) is 2. The Morgan fingerprint density at radius 1 is 1.06 bits per heavy atom. The van der Waals surface area contributed by atoms with Crippen LogP contribution >= 0.6 is 0 Å². The van der Waals surface area contributed by atoms with E-state index in [1.165, 1.54) is 0 Å². The van der Waals surface area contributed by atoms with Gasteiger partial charge in [0.1, 0.15) is 5.75 Å². The van der Waals surface area contributed by atoms with E-state index in [0.717, 1.165) is 37.1 Å². The molecule has 0 spiro atoms. The van der Waals surface area contributed by atoms with Crippen LogP contribution in [0.15, 0.2) is 48.5 Å². The smallest absolute Gasteiger partial charge is 0.253 e. The van der Waals surface area contributed by atoms with Crippen molar-refractivity contribution in [2.75, 3.05) is 23.4 Å². The SMILES string of the molecule is CCOc1ccc(N2C[C@H](C(=O)Nc3ccccc3C(=O)NC3CCCC3)CC2=O)cc1. The number of nitrogens with one attached hydrogen (secondary N) is 2. The molecule has 1 aliphatic carbocycles. The molecule has 7 nitrogen and oxygen atoms in total. The zero-order valence-corrected chi connectivity index (χ0v) is 18.3. The lowest BCUT2D eigenvalue weighted by molar-refractivity contribution is -0.122. The Morgan fingerprint density at radius 3 is 2.50 bits per heavy atom. The first-order valence-corrected chi connectivity index (χ1v) is 11.3. The maximum Gasteiger partial charge on any atom is 0.253 e. The highest BCUT2D eigenvalue weighted by atomic mass is 16.5. The summed E-state index contributed by atoms with van der Waals surface area (Å²) in [5.41, 5.74) is 1.66. The maximum atomic E-state index is 13.0. The van der Waals surface area contributed by atoms with Gasteiger partial charge >= 0.3 is 0 Å². The van der Waals surface area contributed by atoms with E-state index < -0.39 is 5.92 Å². The molecular weight excluding hydrogens is 406 g/mol. The van der Waals surface area contributed by atoms with Crippen LogP contribution in [0, 0.1) is 5.92 Å². The summed E-state index contributed by atoms with van der Waals surface area (Å²) in [4.78, 5) is 39.9. The second-order valence-corrected chi connectivity index (χ2v) is 8.32. The van der Waals surface area contributed by atoms with Crippen molar-refractivity contribution in [2.45, 2.75) is 45.1 Å². The third kappa shape index (κ3) is 4.93. The van der Waals surface area contributed by atoms with Gasteiger partial charge in [0, 0.05) is 24.7 Å². The summed E-state index contributed by atoms with van der Waals surface area (Å²) in [5, 5.41) is 5.94. The summed E-state index contributed by atoms with van der Waals surface area (Å²) in [6, 6.07) is 14.5. The van der Waals surface area contributed by atoms with Crippen LogP contribution in [0.5, 0.6) is 5.75 Å². The minimum Gasteiger partial charge on any atom is -0.494 e. The molecule has 32 heavy (non-hydrogen) atoms. The van der Waals surface area contributed by atoms with Gasteiger partial charge in [-0.2, -0.15) is 0 Å². The summed E-state index contributed by atoms with van der Waals surface area (Å²) in [7, 11) is 0. The van der Waals surface area contributed by atoms with Crippen molar-refractivity contribution >= 4 is 29.1 Å². The van der Waals surface area contributed by atoms with Gasteiger partial charge in [-0.15, -0.1) is 0 Å². The topological polar surface area (TPSA) is 87.7 Å². The van der Waals surface area contributed by atoms with Gasteiger partial charge in [-0.1, -0.05) is 25.0 Å². The Balaban J connectivity index is 1.41. The molecule has 7 heteroatoms. The molecule has 0 unspecified atom stereocenters. The summed E-state index contributed by atoms with van der Waals surface area (Å²) >= 11 is 0. The van der Waals surface area contributed by atoms with Gasteiger partial charge in [-0.3, -0.25) is 14.4 Å². The van der Waals surface area contributed by atoms with Crippen molar-refractivity contribution in [1.29, 1.82) is 0 Å². The zero-order valence-electron chi connectivity index (χ0n) is 18.3.